The fourth-order valence-corrected chi connectivity index (χ4v) is 2.90. The van der Waals surface area contributed by atoms with E-state index in [4.69, 9.17) is 0 Å². The van der Waals surface area contributed by atoms with Gasteiger partial charge in [0, 0.05) is 33.4 Å². The highest BCUT2D eigenvalue weighted by atomic mass is 15.3. The second-order valence-electron chi connectivity index (χ2n) is 6.45. The van der Waals surface area contributed by atoms with Crippen LogP contribution in [0.2, 0.25) is 0 Å². The Morgan fingerprint density at radius 1 is 1.31 bits per heavy atom. The van der Waals surface area contributed by atoms with Gasteiger partial charge in [0.25, 0.3) is 0 Å². The summed E-state index contributed by atoms with van der Waals surface area (Å²) in [5, 5.41) is 8.08. The Morgan fingerprint density at radius 3 is 2.77 bits per heavy atom. The van der Waals surface area contributed by atoms with Crippen LogP contribution >= 0.6 is 0 Å². The van der Waals surface area contributed by atoms with Crippen LogP contribution in [0.5, 0.6) is 0 Å². The third-order valence-electron chi connectivity index (χ3n) is 4.40. The molecule has 0 saturated carbocycles. The predicted octanol–water partition coefficient (Wildman–Crippen LogP) is 3.59. The van der Waals surface area contributed by atoms with Crippen LogP contribution < -0.4 is 5.32 Å². The average molecular weight is 354 g/mol. The van der Waals surface area contributed by atoms with Crippen LogP contribution in [0, 0.1) is 6.92 Å². The van der Waals surface area contributed by atoms with Crippen molar-refractivity contribution >= 4 is 5.96 Å². The number of aryl methyl sites for hydroxylation is 2. The van der Waals surface area contributed by atoms with E-state index in [-0.39, 0.29) is 0 Å². The van der Waals surface area contributed by atoms with Crippen LogP contribution in [-0.4, -0.2) is 47.8 Å². The minimum atomic E-state index is 0.897. The number of guanidine groups is 1. The zero-order valence-corrected chi connectivity index (χ0v) is 16.3. The van der Waals surface area contributed by atoms with Crippen molar-refractivity contribution < 1.29 is 0 Å². The molecule has 0 aliphatic heterocycles. The van der Waals surface area contributed by atoms with Gasteiger partial charge in [0.15, 0.2) is 5.96 Å². The highest BCUT2D eigenvalue weighted by molar-refractivity contribution is 5.79. The van der Waals surface area contributed by atoms with Crippen molar-refractivity contribution in [2.45, 2.75) is 32.6 Å². The summed E-state index contributed by atoms with van der Waals surface area (Å²) in [4.78, 5) is 6.53. The third kappa shape index (κ3) is 5.76. The Labute approximate surface area is 157 Å². The van der Waals surface area contributed by atoms with Crippen molar-refractivity contribution in [2.75, 3.05) is 27.2 Å². The van der Waals surface area contributed by atoms with Gasteiger partial charge in [-0.2, -0.15) is 5.10 Å². The molecule has 26 heavy (non-hydrogen) atoms. The lowest BCUT2D eigenvalue weighted by atomic mass is 10.1. The highest BCUT2D eigenvalue weighted by Gasteiger charge is 2.07. The Balaban J connectivity index is 1.80. The summed E-state index contributed by atoms with van der Waals surface area (Å²) < 4.78 is 1.96. The van der Waals surface area contributed by atoms with Gasteiger partial charge >= 0.3 is 0 Å². The molecule has 1 aromatic carbocycles. The number of para-hydroxylation sites is 1. The molecule has 0 saturated heterocycles. The molecular formula is C21H31N5. The highest BCUT2D eigenvalue weighted by Crippen LogP contribution is 2.13. The molecule has 0 bridgehead atoms. The van der Waals surface area contributed by atoms with Crippen LogP contribution in [0.25, 0.3) is 5.69 Å². The maximum absolute atomic E-state index is 4.64. The number of hydrogen-bond donors (Lipinski definition) is 1. The topological polar surface area (TPSA) is 45.5 Å². The molecule has 1 N–H and O–H groups in total. The fraction of sp³-hybridized carbons (Fsp3) is 0.429. The molecule has 0 amide bonds. The van der Waals surface area contributed by atoms with Gasteiger partial charge in [-0.3, -0.25) is 4.99 Å². The number of rotatable bonds is 9. The van der Waals surface area contributed by atoms with E-state index >= 15 is 0 Å². The molecule has 0 unspecified atom stereocenters. The Hall–Kier alpha value is -2.56. The first-order valence-corrected chi connectivity index (χ1v) is 9.29. The van der Waals surface area contributed by atoms with Crippen LogP contribution in [0.4, 0.5) is 0 Å². The first-order chi connectivity index (χ1) is 12.7. The Bertz CT molecular complexity index is 702. The first kappa shape index (κ1) is 19.8. The number of nitrogens with one attached hydrogen (secondary N) is 1. The average Bonchev–Trinajstić information content (AvgIpc) is 3.03. The van der Waals surface area contributed by atoms with Crippen molar-refractivity contribution in [3.05, 3.63) is 60.4 Å². The van der Waals surface area contributed by atoms with Gasteiger partial charge in [0.1, 0.15) is 0 Å². The van der Waals surface area contributed by atoms with E-state index in [9.17, 15) is 0 Å². The van der Waals surface area contributed by atoms with Gasteiger partial charge in [-0.1, -0.05) is 24.3 Å². The van der Waals surface area contributed by atoms with Crippen molar-refractivity contribution in [1.29, 1.82) is 0 Å². The maximum Gasteiger partial charge on any atom is 0.193 e. The van der Waals surface area contributed by atoms with Crippen LogP contribution in [0.1, 0.15) is 30.5 Å². The summed E-state index contributed by atoms with van der Waals surface area (Å²) in [5.74, 6) is 0.950. The predicted molar refractivity (Wildman–Crippen MR) is 110 cm³/mol. The van der Waals surface area contributed by atoms with E-state index in [2.05, 4.69) is 59.2 Å². The molecule has 5 nitrogen and oxygen atoms in total. The van der Waals surface area contributed by atoms with Gasteiger partial charge < -0.3 is 10.2 Å². The summed E-state index contributed by atoms with van der Waals surface area (Å²) in [7, 11) is 3.91. The molecule has 0 atom stereocenters. The van der Waals surface area contributed by atoms with Gasteiger partial charge in [-0.05, 0) is 50.3 Å². The van der Waals surface area contributed by atoms with E-state index in [1.807, 2.05) is 36.0 Å². The zero-order chi connectivity index (χ0) is 18.8. The molecule has 0 aliphatic carbocycles. The number of allylic oxidation sites excluding steroid dienone is 1. The lowest BCUT2D eigenvalue weighted by molar-refractivity contribution is 0.469. The number of nitrogens with zero attached hydrogens (tertiary/aromatic N) is 4. The third-order valence-corrected chi connectivity index (χ3v) is 4.40. The number of unbranched alkanes of at least 4 members (excludes halogenated alkanes) is 1. The minimum absolute atomic E-state index is 0.897. The van der Waals surface area contributed by atoms with Gasteiger partial charge in [0.05, 0.1) is 11.4 Å². The molecule has 0 spiro atoms. The molecule has 1 heterocycles. The summed E-state index contributed by atoms with van der Waals surface area (Å²) in [6, 6.07) is 10.2. The number of hydrogen-bond acceptors (Lipinski definition) is 2. The minimum Gasteiger partial charge on any atom is -0.356 e. The second-order valence-corrected chi connectivity index (χ2v) is 6.45. The smallest absolute Gasteiger partial charge is 0.193 e. The summed E-state index contributed by atoms with van der Waals surface area (Å²) in [5.41, 5.74) is 3.49. The van der Waals surface area contributed by atoms with Crippen LogP contribution in [0.3, 0.4) is 0 Å². The largest absolute Gasteiger partial charge is 0.356 e. The van der Waals surface area contributed by atoms with E-state index in [0.29, 0.717) is 0 Å². The molecule has 0 radical (unpaired) electrons. The SMILES string of the molecule is C=CCCCN(C)C(=NC)NCCCc1cn(-c2ccccc2)nc1C. The van der Waals surface area contributed by atoms with E-state index in [1.54, 1.807) is 0 Å². The van der Waals surface area contributed by atoms with Crippen molar-refractivity contribution in [3.63, 3.8) is 0 Å². The van der Waals surface area contributed by atoms with Gasteiger partial charge in [-0.15, -0.1) is 6.58 Å². The zero-order valence-electron chi connectivity index (χ0n) is 16.3. The Kier molecular flexibility index (Phi) is 7.93. The normalized spacial score (nSPS) is 11.4. The first-order valence-electron chi connectivity index (χ1n) is 9.29. The number of benzene rings is 1. The quantitative estimate of drug-likeness (QED) is 0.324. The molecule has 5 heteroatoms. The molecule has 2 aromatic rings. The standard InChI is InChI=1S/C21H31N5/c1-5-6-10-16-25(4)21(22-3)23-15-11-12-19-17-26(24-18(19)2)20-13-8-7-9-14-20/h5,7-9,13-14,17H,1,6,10-12,15-16H2,2-4H3,(H,22,23). The van der Waals surface area contributed by atoms with Crippen LogP contribution in [-0.2, 0) is 6.42 Å². The molecule has 140 valence electrons. The van der Waals surface area contributed by atoms with E-state index in [0.717, 1.165) is 56.1 Å². The number of aliphatic imine (C=N–C) groups is 1. The molecule has 0 aliphatic rings. The second kappa shape index (κ2) is 10.4. The summed E-state index contributed by atoms with van der Waals surface area (Å²) in [6.07, 6.45) is 8.27. The lowest BCUT2D eigenvalue weighted by Gasteiger charge is -2.21. The van der Waals surface area contributed by atoms with Gasteiger partial charge in [0.2, 0.25) is 0 Å². The summed E-state index contributed by atoms with van der Waals surface area (Å²) in [6.45, 7) is 7.72. The molecule has 1 aromatic heterocycles. The summed E-state index contributed by atoms with van der Waals surface area (Å²) >= 11 is 0. The van der Waals surface area contributed by atoms with E-state index < -0.39 is 0 Å². The maximum atomic E-state index is 4.64. The van der Waals surface area contributed by atoms with Gasteiger partial charge in [-0.25, -0.2) is 4.68 Å². The molecule has 2 rings (SSSR count). The van der Waals surface area contributed by atoms with Crippen LogP contribution in [0.15, 0.2) is 54.2 Å². The number of aromatic nitrogens is 2. The monoisotopic (exact) mass is 353 g/mol. The van der Waals surface area contributed by atoms with Crippen molar-refractivity contribution in [1.82, 2.24) is 20.0 Å². The Morgan fingerprint density at radius 2 is 2.08 bits per heavy atom. The lowest BCUT2D eigenvalue weighted by Crippen LogP contribution is -2.39. The van der Waals surface area contributed by atoms with Crippen molar-refractivity contribution in [3.8, 4) is 5.69 Å². The molecule has 0 fully saturated rings. The van der Waals surface area contributed by atoms with E-state index in [1.165, 1.54) is 5.56 Å². The molecular weight excluding hydrogens is 322 g/mol. The van der Waals surface area contributed by atoms with Crippen molar-refractivity contribution in [2.24, 2.45) is 4.99 Å². The fourth-order valence-electron chi connectivity index (χ4n) is 2.90.